The summed E-state index contributed by atoms with van der Waals surface area (Å²) in [5, 5.41) is 11.4. The van der Waals surface area contributed by atoms with E-state index in [1.807, 2.05) is 52.9 Å². The van der Waals surface area contributed by atoms with Crippen molar-refractivity contribution in [3.05, 3.63) is 73.7 Å². The molecule has 6 nitrogen and oxygen atoms in total. The van der Waals surface area contributed by atoms with Crippen LogP contribution in [0.3, 0.4) is 0 Å². The fourth-order valence-electron chi connectivity index (χ4n) is 2.84. The quantitative estimate of drug-likeness (QED) is 0.351. The van der Waals surface area contributed by atoms with Crippen molar-refractivity contribution in [3.8, 4) is 22.2 Å². The number of ether oxygens (including phenoxy) is 1. The van der Waals surface area contributed by atoms with E-state index in [4.69, 9.17) is 4.74 Å². The molecule has 3 heterocycles. The Morgan fingerprint density at radius 2 is 2.15 bits per heavy atom. The van der Waals surface area contributed by atoms with E-state index in [1.54, 1.807) is 36.2 Å². The number of hydrogen-bond donors (Lipinski definition) is 1. The number of fused-ring (bicyclic) bond motifs is 1. The SMILES string of the molecule is COc1cccc(-c2ncc(Cn3c(O)c(I)c(=O)[n+]4ccccc34)s2)c1. The van der Waals surface area contributed by atoms with Crippen molar-refractivity contribution < 1.29 is 14.2 Å². The molecule has 0 aliphatic rings. The predicted molar refractivity (Wildman–Crippen MR) is 111 cm³/mol. The van der Waals surface area contributed by atoms with Gasteiger partial charge in [0, 0.05) is 17.8 Å². The van der Waals surface area contributed by atoms with E-state index in [0.717, 1.165) is 21.2 Å². The van der Waals surface area contributed by atoms with Gasteiger partial charge >= 0.3 is 11.4 Å². The van der Waals surface area contributed by atoms with Crippen LogP contribution in [0.15, 0.2) is 59.7 Å². The number of methoxy groups -OCH3 is 1. The first-order chi connectivity index (χ1) is 13.1. The minimum absolute atomic E-state index is 0.0388. The number of halogens is 1. The molecule has 0 saturated carbocycles. The molecule has 4 aromatic rings. The lowest BCUT2D eigenvalue weighted by atomic mass is 10.2. The van der Waals surface area contributed by atoms with E-state index in [-0.39, 0.29) is 15.0 Å². The second-order valence-corrected chi connectivity index (χ2v) is 8.02. The highest BCUT2D eigenvalue weighted by atomic mass is 127. The van der Waals surface area contributed by atoms with Crippen molar-refractivity contribution in [1.29, 1.82) is 0 Å². The molecular formula is C19H15IN3O3S+. The Morgan fingerprint density at radius 3 is 2.96 bits per heavy atom. The zero-order valence-corrected chi connectivity index (χ0v) is 17.3. The van der Waals surface area contributed by atoms with Crippen molar-refractivity contribution in [2.75, 3.05) is 7.11 Å². The maximum atomic E-state index is 12.4. The molecule has 0 aliphatic heterocycles. The van der Waals surface area contributed by atoms with E-state index in [2.05, 4.69) is 4.98 Å². The Balaban J connectivity index is 1.76. The predicted octanol–water partition coefficient (Wildman–Crippen LogP) is 3.08. The van der Waals surface area contributed by atoms with Gasteiger partial charge in [-0.2, -0.15) is 8.97 Å². The maximum absolute atomic E-state index is 12.4. The molecule has 0 saturated heterocycles. The Morgan fingerprint density at radius 1 is 1.30 bits per heavy atom. The first kappa shape index (κ1) is 17.9. The average Bonchev–Trinajstić information content (AvgIpc) is 3.18. The molecule has 0 spiro atoms. The number of benzene rings is 1. The first-order valence-corrected chi connectivity index (χ1v) is 9.99. The van der Waals surface area contributed by atoms with Crippen LogP contribution in [0.1, 0.15) is 4.88 Å². The van der Waals surface area contributed by atoms with Crippen LogP contribution < -0.4 is 14.7 Å². The van der Waals surface area contributed by atoms with Crippen LogP contribution in [0.4, 0.5) is 0 Å². The van der Waals surface area contributed by atoms with E-state index < -0.39 is 0 Å². The third kappa shape index (κ3) is 3.30. The van der Waals surface area contributed by atoms with Gasteiger partial charge in [0.15, 0.2) is 3.57 Å². The number of pyridine rings is 1. The summed E-state index contributed by atoms with van der Waals surface area (Å²) in [7, 11) is 1.63. The van der Waals surface area contributed by atoms with Gasteiger partial charge in [-0.15, -0.1) is 11.3 Å². The molecule has 0 fully saturated rings. The maximum Gasteiger partial charge on any atom is 0.359 e. The molecule has 0 atom stereocenters. The number of aromatic nitrogens is 3. The Labute approximate surface area is 172 Å². The zero-order valence-electron chi connectivity index (χ0n) is 14.3. The van der Waals surface area contributed by atoms with Crippen LogP contribution >= 0.6 is 33.9 Å². The van der Waals surface area contributed by atoms with Crippen LogP contribution in [0.2, 0.25) is 0 Å². The third-order valence-corrected chi connectivity index (χ3v) is 6.13. The number of hydrogen-bond acceptors (Lipinski definition) is 5. The van der Waals surface area contributed by atoms with Gasteiger partial charge in [0.1, 0.15) is 17.3 Å². The minimum Gasteiger partial charge on any atom is -0.497 e. The summed E-state index contributed by atoms with van der Waals surface area (Å²) >= 11 is 3.42. The summed E-state index contributed by atoms with van der Waals surface area (Å²) in [5.41, 5.74) is 1.36. The fourth-order valence-corrected chi connectivity index (χ4v) is 4.28. The largest absolute Gasteiger partial charge is 0.497 e. The molecule has 27 heavy (non-hydrogen) atoms. The summed E-state index contributed by atoms with van der Waals surface area (Å²) in [4.78, 5) is 17.8. The lowest BCUT2D eigenvalue weighted by molar-refractivity contribution is -0.533. The highest BCUT2D eigenvalue weighted by Crippen LogP contribution is 2.29. The second kappa shape index (κ2) is 7.28. The summed E-state index contributed by atoms with van der Waals surface area (Å²) in [6, 6.07) is 13.2. The molecule has 4 rings (SSSR count). The second-order valence-electron chi connectivity index (χ2n) is 5.82. The van der Waals surface area contributed by atoms with Crippen LogP contribution in [0.25, 0.3) is 16.2 Å². The number of aromatic hydroxyl groups is 1. The zero-order chi connectivity index (χ0) is 19.0. The molecule has 0 amide bonds. The lowest BCUT2D eigenvalue weighted by Gasteiger charge is -2.06. The Bertz CT molecular complexity index is 1200. The molecule has 0 unspecified atom stereocenters. The van der Waals surface area contributed by atoms with Gasteiger partial charge in [-0.25, -0.2) is 9.78 Å². The molecule has 8 heteroatoms. The van der Waals surface area contributed by atoms with Gasteiger partial charge in [0.2, 0.25) is 0 Å². The topological polar surface area (TPSA) is 68.4 Å². The van der Waals surface area contributed by atoms with Gasteiger partial charge in [-0.3, -0.25) is 0 Å². The molecule has 1 N–H and O–H groups in total. The van der Waals surface area contributed by atoms with Crippen molar-refractivity contribution >= 4 is 39.6 Å². The highest BCUT2D eigenvalue weighted by molar-refractivity contribution is 14.1. The van der Waals surface area contributed by atoms with Crippen LogP contribution in [-0.4, -0.2) is 21.8 Å². The Hall–Kier alpha value is -2.46. The average molecular weight is 492 g/mol. The first-order valence-electron chi connectivity index (χ1n) is 8.09. The van der Waals surface area contributed by atoms with Crippen molar-refractivity contribution in [3.63, 3.8) is 0 Å². The summed E-state index contributed by atoms with van der Waals surface area (Å²) in [6.45, 7) is 0.414. The molecular weight excluding hydrogens is 477 g/mol. The third-order valence-electron chi connectivity index (χ3n) is 4.16. The molecule has 3 aromatic heterocycles. The Kier molecular flexibility index (Phi) is 4.83. The minimum atomic E-state index is -0.235. The van der Waals surface area contributed by atoms with E-state index in [9.17, 15) is 9.90 Å². The van der Waals surface area contributed by atoms with Crippen LogP contribution in [-0.2, 0) is 6.54 Å². The number of rotatable bonds is 4. The van der Waals surface area contributed by atoms with Crippen LogP contribution in [0, 0.1) is 3.57 Å². The summed E-state index contributed by atoms with van der Waals surface area (Å²) in [6.07, 6.45) is 3.49. The number of nitrogens with zero attached hydrogens (tertiary/aromatic N) is 3. The smallest absolute Gasteiger partial charge is 0.359 e. The van der Waals surface area contributed by atoms with Gasteiger partial charge in [0.05, 0.1) is 18.2 Å². The van der Waals surface area contributed by atoms with Gasteiger partial charge in [-0.05, 0) is 40.8 Å². The van der Waals surface area contributed by atoms with Crippen molar-refractivity contribution in [2.45, 2.75) is 6.54 Å². The van der Waals surface area contributed by atoms with Gasteiger partial charge in [-0.1, -0.05) is 18.2 Å². The van der Waals surface area contributed by atoms with Crippen molar-refractivity contribution in [2.24, 2.45) is 0 Å². The lowest BCUT2D eigenvalue weighted by Crippen LogP contribution is -2.44. The monoisotopic (exact) mass is 492 g/mol. The van der Waals surface area contributed by atoms with E-state index in [1.165, 1.54) is 15.7 Å². The molecule has 0 radical (unpaired) electrons. The fraction of sp³-hybridized carbons (Fsp3) is 0.105. The summed E-state index contributed by atoms with van der Waals surface area (Å²) < 4.78 is 8.81. The van der Waals surface area contributed by atoms with Gasteiger partial charge < -0.3 is 9.84 Å². The standard InChI is InChI=1S/C19H14IN3O3S/c1-26-13-6-4-5-12(9-13)17-21-10-14(27-17)11-23-15-7-2-3-8-22(15)18(24)16(20)19(23)25/h2-10H,11H2,1H3/p+1. The van der Waals surface area contributed by atoms with Crippen LogP contribution in [0.5, 0.6) is 11.6 Å². The highest BCUT2D eigenvalue weighted by Gasteiger charge is 2.22. The van der Waals surface area contributed by atoms with Crippen molar-refractivity contribution in [1.82, 2.24) is 9.55 Å². The van der Waals surface area contributed by atoms with E-state index in [0.29, 0.717) is 12.2 Å². The molecule has 136 valence electrons. The summed E-state index contributed by atoms with van der Waals surface area (Å²) in [5.74, 6) is 0.738. The molecule has 1 aromatic carbocycles. The molecule has 0 aliphatic carbocycles. The normalized spacial score (nSPS) is 11.0. The van der Waals surface area contributed by atoms with E-state index >= 15 is 0 Å². The molecule has 0 bridgehead atoms. The number of thiazole rings is 1. The van der Waals surface area contributed by atoms with Gasteiger partial charge in [0.25, 0.3) is 5.65 Å².